The van der Waals surface area contributed by atoms with Crippen molar-refractivity contribution in [3.63, 3.8) is 0 Å². The first-order chi connectivity index (χ1) is 18.2. The predicted molar refractivity (Wildman–Crippen MR) is 158 cm³/mol. The van der Waals surface area contributed by atoms with Crippen LogP contribution < -0.4 is 10.1 Å². The second-order valence-electron chi connectivity index (χ2n) is 10.2. The van der Waals surface area contributed by atoms with Crippen LogP contribution in [0.4, 0.5) is 13.2 Å². The van der Waals surface area contributed by atoms with Gasteiger partial charge in [-0.05, 0) is 64.7 Å². The Bertz CT molecular complexity index is 951. The molecular weight excluding hydrogens is 501 g/mol. The number of nitrogens with zero attached hydrogens (tertiary/aromatic N) is 1. The van der Waals surface area contributed by atoms with E-state index in [4.69, 9.17) is 4.74 Å². The molecule has 1 aromatic carbocycles. The summed E-state index contributed by atoms with van der Waals surface area (Å²) < 4.78 is 43.6. The molecule has 0 radical (unpaired) electrons. The van der Waals surface area contributed by atoms with Crippen molar-refractivity contribution in [2.24, 2.45) is 5.92 Å². The molecule has 0 bridgehead atoms. The summed E-state index contributed by atoms with van der Waals surface area (Å²) in [6, 6.07) is 6.33. The molecule has 0 aromatic heterocycles. The van der Waals surface area contributed by atoms with Crippen molar-refractivity contribution in [3.8, 4) is 5.75 Å². The fourth-order valence-electron chi connectivity index (χ4n) is 4.08. The highest BCUT2D eigenvalue weighted by Gasteiger charge is 2.30. The maximum atomic E-state index is 13.1. The molecule has 1 rings (SSSR count). The molecule has 39 heavy (non-hydrogen) atoms. The van der Waals surface area contributed by atoms with Gasteiger partial charge in [-0.2, -0.15) is 13.2 Å². The molecule has 0 saturated carbocycles. The van der Waals surface area contributed by atoms with Crippen LogP contribution in [0.3, 0.4) is 0 Å². The fourth-order valence-corrected chi connectivity index (χ4v) is 4.08. The van der Waals surface area contributed by atoms with Crippen molar-refractivity contribution in [1.82, 2.24) is 10.2 Å². The molecule has 2 atom stereocenters. The summed E-state index contributed by atoms with van der Waals surface area (Å²) in [6.45, 7) is 20.6. The lowest BCUT2D eigenvalue weighted by atomic mass is 9.97. The number of nitrogens with one attached hydrogen (secondary N) is 1. The van der Waals surface area contributed by atoms with E-state index in [-0.39, 0.29) is 17.9 Å². The Balaban J connectivity index is 0.00000458. The lowest BCUT2D eigenvalue weighted by molar-refractivity contribution is -0.135. The van der Waals surface area contributed by atoms with Crippen LogP contribution in [-0.2, 0) is 11.3 Å². The van der Waals surface area contributed by atoms with Gasteiger partial charge in [0.2, 0.25) is 5.91 Å². The molecule has 0 spiro atoms. The third kappa shape index (κ3) is 14.4. The summed E-state index contributed by atoms with van der Waals surface area (Å²) in [5, 5.41) is 3.57. The molecule has 0 aliphatic rings. The van der Waals surface area contributed by atoms with E-state index < -0.39 is 11.7 Å². The van der Waals surface area contributed by atoms with Gasteiger partial charge >= 0.3 is 6.18 Å². The third-order valence-electron chi connectivity index (χ3n) is 6.29. The molecule has 222 valence electrons. The normalized spacial score (nSPS) is 13.7. The molecule has 0 aliphatic carbocycles. The number of carbonyl (C=O) groups is 1. The largest absolute Gasteiger partial charge is 0.496 e. The van der Waals surface area contributed by atoms with Crippen molar-refractivity contribution in [2.45, 2.75) is 99.8 Å². The molecule has 1 N–H and O–H groups in total. The van der Waals surface area contributed by atoms with Gasteiger partial charge in [-0.15, -0.1) is 0 Å². The van der Waals surface area contributed by atoms with Gasteiger partial charge < -0.3 is 15.0 Å². The van der Waals surface area contributed by atoms with E-state index in [0.29, 0.717) is 31.6 Å². The van der Waals surface area contributed by atoms with E-state index in [0.717, 1.165) is 41.4 Å². The standard InChI is InChI=1S/C29H43F3N2O2.C3H8/c1-9-26(33-19-25-12-11-20(3)17-27(25)36-8)18-23(6)28(35)34(10-2)14-13-21(4)15-22(5)16-24(7)29(30,31)32;1-3-2/h11-12,15-17,23,26,33H,7,9-10,13-14,18-19H2,1-6,8H3;3H2,1-2H3/b21-15+,22-16-;/t23-,26?;/m0./s1. The predicted octanol–water partition coefficient (Wildman–Crippen LogP) is 8.56. The van der Waals surface area contributed by atoms with Gasteiger partial charge in [-0.3, -0.25) is 4.79 Å². The molecule has 7 heteroatoms. The Hall–Kier alpha value is -2.54. The molecule has 0 fully saturated rings. The van der Waals surface area contributed by atoms with Crippen molar-refractivity contribution in [3.05, 3.63) is 64.8 Å². The smallest absolute Gasteiger partial charge is 0.415 e. The number of hydrogen-bond acceptors (Lipinski definition) is 3. The summed E-state index contributed by atoms with van der Waals surface area (Å²) in [5.74, 6) is 0.800. The fraction of sp³-hybridized carbons (Fsp3) is 0.594. The van der Waals surface area contributed by atoms with Crippen LogP contribution in [0.5, 0.6) is 5.75 Å². The van der Waals surface area contributed by atoms with Crippen LogP contribution in [0, 0.1) is 12.8 Å². The lowest BCUT2D eigenvalue weighted by Crippen LogP contribution is -2.39. The number of allylic oxidation sites excluding steroid dienone is 4. The minimum absolute atomic E-state index is 0.0937. The molecule has 1 aromatic rings. The molecule has 4 nitrogen and oxygen atoms in total. The highest BCUT2D eigenvalue weighted by atomic mass is 19.4. The molecule has 1 unspecified atom stereocenters. The second-order valence-corrected chi connectivity index (χ2v) is 10.2. The van der Waals surface area contributed by atoms with Gasteiger partial charge in [0.25, 0.3) is 0 Å². The molecule has 0 saturated heterocycles. The SMILES string of the molecule is C=C(/C=C(C)\C=C(/C)CCN(CC)C(=O)[C@@H](C)CC(CC)NCc1ccc(C)cc1OC)C(F)(F)F.CCC. The van der Waals surface area contributed by atoms with Crippen LogP contribution in [0.25, 0.3) is 0 Å². The van der Waals surface area contributed by atoms with E-state index in [9.17, 15) is 18.0 Å². The Labute approximate surface area is 235 Å². The van der Waals surface area contributed by atoms with Gasteiger partial charge in [0, 0.05) is 42.7 Å². The zero-order chi connectivity index (χ0) is 30.2. The van der Waals surface area contributed by atoms with Gasteiger partial charge in [0.15, 0.2) is 0 Å². The Morgan fingerprint density at radius 2 is 1.77 bits per heavy atom. The zero-order valence-corrected chi connectivity index (χ0v) is 25.6. The Morgan fingerprint density at radius 3 is 2.28 bits per heavy atom. The number of methoxy groups -OCH3 is 1. The molecule has 0 heterocycles. The van der Waals surface area contributed by atoms with Gasteiger partial charge in [0.05, 0.1) is 7.11 Å². The third-order valence-corrected chi connectivity index (χ3v) is 6.29. The maximum absolute atomic E-state index is 13.1. The highest BCUT2D eigenvalue weighted by molar-refractivity contribution is 5.78. The van der Waals surface area contributed by atoms with Crippen LogP contribution in [0.2, 0.25) is 0 Å². The molecule has 1 amide bonds. The minimum Gasteiger partial charge on any atom is -0.496 e. The molecule has 0 aliphatic heterocycles. The van der Waals surface area contributed by atoms with E-state index >= 15 is 0 Å². The average molecular weight is 553 g/mol. The quantitative estimate of drug-likeness (QED) is 0.235. The first-order valence-corrected chi connectivity index (χ1v) is 14.0. The first-order valence-electron chi connectivity index (χ1n) is 14.0. The number of hydrogen-bond donors (Lipinski definition) is 1. The van der Waals surface area contributed by atoms with Crippen molar-refractivity contribution >= 4 is 5.91 Å². The van der Waals surface area contributed by atoms with Crippen molar-refractivity contribution in [2.75, 3.05) is 20.2 Å². The number of carbonyl (C=O) groups excluding carboxylic acids is 1. The maximum Gasteiger partial charge on any atom is 0.415 e. The highest BCUT2D eigenvalue weighted by Crippen LogP contribution is 2.26. The number of amides is 1. The monoisotopic (exact) mass is 552 g/mol. The number of ether oxygens (including phenoxy) is 1. The van der Waals surface area contributed by atoms with Gasteiger partial charge in [-0.25, -0.2) is 0 Å². The van der Waals surface area contributed by atoms with Crippen LogP contribution in [0.1, 0.15) is 85.3 Å². The van der Waals surface area contributed by atoms with Gasteiger partial charge in [0.1, 0.15) is 5.75 Å². The van der Waals surface area contributed by atoms with E-state index in [1.807, 2.05) is 38.7 Å². The summed E-state index contributed by atoms with van der Waals surface area (Å²) in [5.41, 5.74) is 2.76. The number of benzene rings is 1. The number of halogens is 3. The molecular formula is C32H51F3N2O2. The van der Waals surface area contributed by atoms with E-state index in [1.165, 1.54) is 6.42 Å². The Morgan fingerprint density at radius 1 is 1.15 bits per heavy atom. The summed E-state index contributed by atoms with van der Waals surface area (Å²) >= 11 is 0. The number of alkyl halides is 3. The first kappa shape index (κ1) is 36.5. The summed E-state index contributed by atoms with van der Waals surface area (Å²) in [6.07, 6.45) is 1.79. The average Bonchev–Trinajstić information content (AvgIpc) is 2.86. The van der Waals surface area contributed by atoms with Crippen molar-refractivity contribution < 1.29 is 22.7 Å². The number of rotatable bonds is 14. The van der Waals surface area contributed by atoms with E-state index in [2.05, 4.69) is 44.8 Å². The van der Waals surface area contributed by atoms with Crippen LogP contribution >= 0.6 is 0 Å². The number of aryl methyl sites for hydroxylation is 1. The lowest BCUT2D eigenvalue weighted by Gasteiger charge is -2.27. The topological polar surface area (TPSA) is 41.6 Å². The summed E-state index contributed by atoms with van der Waals surface area (Å²) in [7, 11) is 1.67. The minimum atomic E-state index is -4.43. The zero-order valence-electron chi connectivity index (χ0n) is 25.6. The van der Waals surface area contributed by atoms with Crippen molar-refractivity contribution in [1.29, 1.82) is 0 Å². The van der Waals surface area contributed by atoms with Gasteiger partial charge in [-0.1, -0.05) is 70.0 Å². The van der Waals surface area contributed by atoms with Crippen LogP contribution in [0.15, 0.2) is 53.6 Å². The Kier molecular flexibility index (Phi) is 17.5. The van der Waals surface area contributed by atoms with Crippen LogP contribution in [-0.4, -0.2) is 43.2 Å². The van der Waals surface area contributed by atoms with E-state index in [1.54, 1.807) is 20.1 Å². The summed E-state index contributed by atoms with van der Waals surface area (Å²) in [4.78, 5) is 15.0. The second kappa shape index (κ2) is 18.7.